The van der Waals surface area contributed by atoms with E-state index < -0.39 is 12.0 Å². The Bertz CT molecular complexity index is 444. The second-order valence-electron chi connectivity index (χ2n) is 4.66. The van der Waals surface area contributed by atoms with E-state index in [0.717, 1.165) is 12.0 Å². The van der Waals surface area contributed by atoms with E-state index in [2.05, 4.69) is 0 Å². The fourth-order valence-electron chi connectivity index (χ4n) is 2.42. The zero-order chi connectivity index (χ0) is 13.1. The van der Waals surface area contributed by atoms with Gasteiger partial charge < -0.3 is 10.0 Å². The third-order valence-electron chi connectivity index (χ3n) is 3.49. The Labute approximate surface area is 106 Å². The molecule has 96 valence electrons. The Morgan fingerprint density at radius 3 is 2.61 bits per heavy atom. The number of likely N-dealkylation sites (tertiary alicyclic amines) is 1. The van der Waals surface area contributed by atoms with Crippen LogP contribution in [0.4, 0.5) is 0 Å². The molecule has 18 heavy (non-hydrogen) atoms. The minimum Gasteiger partial charge on any atom is -0.480 e. The molecule has 0 bridgehead atoms. The maximum Gasteiger partial charge on any atom is 0.326 e. The van der Waals surface area contributed by atoms with Crippen molar-refractivity contribution >= 4 is 11.9 Å². The number of carboxylic acid groups (broad SMARTS) is 1. The molecule has 0 unspecified atom stereocenters. The lowest BCUT2D eigenvalue weighted by atomic mass is 9.99. The molecule has 1 aliphatic rings. The Balaban J connectivity index is 2.14. The lowest BCUT2D eigenvalue weighted by Gasteiger charge is -2.25. The number of hydrogen-bond acceptors (Lipinski definition) is 2. The van der Waals surface area contributed by atoms with Crippen molar-refractivity contribution in [2.75, 3.05) is 6.54 Å². The average Bonchev–Trinajstić information content (AvgIpc) is 2.87. The summed E-state index contributed by atoms with van der Waals surface area (Å²) in [5, 5.41) is 9.09. The second kappa shape index (κ2) is 5.21. The monoisotopic (exact) mass is 247 g/mol. The number of aliphatic carboxylic acids is 1. The predicted octanol–water partition coefficient (Wildman–Crippen LogP) is 1.87. The molecule has 4 nitrogen and oxygen atoms in total. The van der Waals surface area contributed by atoms with Crippen molar-refractivity contribution in [3.63, 3.8) is 0 Å². The minimum atomic E-state index is -0.902. The van der Waals surface area contributed by atoms with Crippen molar-refractivity contribution in [2.24, 2.45) is 0 Å². The van der Waals surface area contributed by atoms with E-state index in [1.165, 1.54) is 4.90 Å². The van der Waals surface area contributed by atoms with E-state index in [-0.39, 0.29) is 11.8 Å². The molecule has 0 radical (unpaired) electrons. The molecule has 1 aromatic carbocycles. The van der Waals surface area contributed by atoms with Gasteiger partial charge in [0, 0.05) is 6.54 Å². The normalized spacial score (nSPS) is 20.7. The molecule has 1 N–H and O–H groups in total. The summed E-state index contributed by atoms with van der Waals surface area (Å²) >= 11 is 0. The average molecular weight is 247 g/mol. The van der Waals surface area contributed by atoms with Crippen LogP contribution in [0.15, 0.2) is 30.3 Å². The van der Waals surface area contributed by atoms with Gasteiger partial charge in [0.2, 0.25) is 5.91 Å². The number of carbonyl (C=O) groups excluding carboxylic acids is 1. The van der Waals surface area contributed by atoms with Gasteiger partial charge in [-0.05, 0) is 25.3 Å². The van der Waals surface area contributed by atoms with E-state index in [4.69, 9.17) is 5.11 Å². The van der Waals surface area contributed by atoms with Crippen LogP contribution in [-0.2, 0) is 9.59 Å². The van der Waals surface area contributed by atoms with Gasteiger partial charge >= 0.3 is 5.97 Å². The van der Waals surface area contributed by atoms with Crippen molar-refractivity contribution in [3.8, 4) is 0 Å². The highest BCUT2D eigenvalue weighted by atomic mass is 16.4. The third-order valence-corrected chi connectivity index (χ3v) is 3.49. The standard InChI is InChI=1S/C14H17NO3/c1-10(11-6-3-2-4-7-11)13(16)15-9-5-8-12(15)14(17)18/h2-4,6-7,10,12H,5,8-9H2,1H3,(H,17,18)/t10-,12+/m1/s1. The summed E-state index contributed by atoms with van der Waals surface area (Å²) in [5.41, 5.74) is 0.929. The number of benzene rings is 1. The van der Waals surface area contributed by atoms with Crippen LogP contribution < -0.4 is 0 Å². The summed E-state index contributed by atoms with van der Waals surface area (Å²) in [6.45, 7) is 2.38. The van der Waals surface area contributed by atoms with Gasteiger partial charge in [-0.1, -0.05) is 30.3 Å². The number of carboxylic acids is 1. The molecule has 2 rings (SSSR count). The summed E-state index contributed by atoms with van der Waals surface area (Å²) in [6, 6.07) is 8.82. The minimum absolute atomic E-state index is 0.0916. The first-order chi connectivity index (χ1) is 8.61. The van der Waals surface area contributed by atoms with Crippen molar-refractivity contribution in [1.82, 2.24) is 4.90 Å². The number of rotatable bonds is 3. The van der Waals surface area contributed by atoms with Crippen LogP contribution >= 0.6 is 0 Å². The molecule has 1 aromatic rings. The molecule has 1 fully saturated rings. The quantitative estimate of drug-likeness (QED) is 0.887. The summed E-state index contributed by atoms with van der Waals surface area (Å²) in [4.78, 5) is 24.9. The molecule has 0 spiro atoms. The van der Waals surface area contributed by atoms with E-state index in [1.807, 2.05) is 37.3 Å². The van der Waals surface area contributed by atoms with E-state index in [0.29, 0.717) is 13.0 Å². The lowest BCUT2D eigenvalue weighted by molar-refractivity contribution is -0.148. The highest BCUT2D eigenvalue weighted by Gasteiger charge is 2.35. The fourth-order valence-corrected chi connectivity index (χ4v) is 2.42. The zero-order valence-electron chi connectivity index (χ0n) is 10.4. The van der Waals surface area contributed by atoms with Gasteiger partial charge in [0.05, 0.1) is 5.92 Å². The predicted molar refractivity (Wildman–Crippen MR) is 67.2 cm³/mol. The highest BCUT2D eigenvalue weighted by molar-refractivity contribution is 5.88. The van der Waals surface area contributed by atoms with Crippen LogP contribution in [-0.4, -0.2) is 34.5 Å². The van der Waals surface area contributed by atoms with Gasteiger partial charge in [-0.3, -0.25) is 4.79 Å². The van der Waals surface area contributed by atoms with Crippen LogP contribution in [0.3, 0.4) is 0 Å². The van der Waals surface area contributed by atoms with Gasteiger partial charge in [0.25, 0.3) is 0 Å². The Kier molecular flexibility index (Phi) is 3.65. The zero-order valence-corrected chi connectivity index (χ0v) is 10.4. The van der Waals surface area contributed by atoms with Crippen molar-refractivity contribution in [2.45, 2.75) is 31.7 Å². The van der Waals surface area contributed by atoms with Crippen LogP contribution in [0.2, 0.25) is 0 Å². The Hall–Kier alpha value is -1.84. The van der Waals surface area contributed by atoms with Gasteiger partial charge in [0.15, 0.2) is 0 Å². The first kappa shape index (κ1) is 12.6. The highest BCUT2D eigenvalue weighted by Crippen LogP contribution is 2.24. The molecule has 4 heteroatoms. The second-order valence-corrected chi connectivity index (χ2v) is 4.66. The van der Waals surface area contributed by atoms with Crippen molar-refractivity contribution < 1.29 is 14.7 Å². The van der Waals surface area contributed by atoms with Gasteiger partial charge in [-0.15, -0.1) is 0 Å². The Morgan fingerprint density at radius 1 is 1.33 bits per heavy atom. The van der Waals surface area contributed by atoms with Crippen LogP contribution in [0.25, 0.3) is 0 Å². The SMILES string of the molecule is C[C@@H](C(=O)N1CCC[C@H]1C(=O)O)c1ccccc1. The Morgan fingerprint density at radius 2 is 2.00 bits per heavy atom. The molecule has 0 saturated carbocycles. The smallest absolute Gasteiger partial charge is 0.326 e. The molecular formula is C14H17NO3. The lowest BCUT2D eigenvalue weighted by Crippen LogP contribution is -2.42. The first-order valence-corrected chi connectivity index (χ1v) is 6.19. The summed E-state index contributed by atoms with van der Waals surface area (Å²) < 4.78 is 0. The number of carbonyl (C=O) groups is 2. The van der Waals surface area contributed by atoms with Crippen molar-refractivity contribution in [3.05, 3.63) is 35.9 Å². The molecule has 1 amide bonds. The number of nitrogens with zero attached hydrogens (tertiary/aromatic N) is 1. The number of hydrogen-bond donors (Lipinski definition) is 1. The van der Waals surface area contributed by atoms with Crippen LogP contribution in [0.5, 0.6) is 0 Å². The maximum atomic E-state index is 12.3. The molecule has 1 aliphatic heterocycles. The van der Waals surface area contributed by atoms with Crippen molar-refractivity contribution in [1.29, 1.82) is 0 Å². The summed E-state index contributed by atoms with van der Waals surface area (Å²) in [6.07, 6.45) is 1.33. The van der Waals surface area contributed by atoms with E-state index in [1.54, 1.807) is 0 Å². The summed E-state index contributed by atoms with van der Waals surface area (Å²) in [5.74, 6) is -1.28. The first-order valence-electron chi connectivity index (χ1n) is 6.19. The molecular weight excluding hydrogens is 230 g/mol. The van der Waals surface area contributed by atoms with Crippen LogP contribution in [0.1, 0.15) is 31.2 Å². The molecule has 0 aliphatic carbocycles. The molecule has 1 saturated heterocycles. The number of amides is 1. The van der Waals surface area contributed by atoms with Gasteiger partial charge in [-0.25, -0.2) is 4.79 Å². The summed E-state index contributed by atoms with van der Waals surface area (Å²) in [7, 11) is 0. The van der Waals surface area contributed by atoms with Crippen LogP contribution in [0, 0.1) is 0 Å². The molecule has 1 heterocycles. The topological polar surface area (TPSA) is 57.6 Å². The third kappa shape index (κ3) is 2.37. The van der Waals surface area contributed by atoms with Gasteiger partial charge in [-0.2, -0.15) is 0 Å². The van der Waals surface area contributed by atoms with E-state index in [9.17, 15) is 9.59 Å². The van der Waals surface area contributed by atoms with Gasteiger partial charge in [0.1, 0.15) is 6.04 Å². The van der Waals surface area contributed by atoms with E-state index >= 15 is 0 Å². The molecule has 2 atom stereocenters. The molecule has 0 aromatic heterocycles. The largest absolute Gasteiger partial charge is 0.480 e. The maximum absolute atomic E-state index is 12.3. The fraction of sp³-hybridized carbons (Fsp3) is 0.429.